The minimum Gasteiger partial charge on any atom is -0.354 e. The highest BCUT2D eigenvalue weighted by Crippen LogP contribution is 2.18. The molecule has 0 saturated carbocycles. The van der Waals surface area contributed by atoms with Gasteiger partial charge in [-0.05, 0) is 10.8 Å². The minimum atomic E-state index is -0.000430. The summed E-state index contributed by atoms with van der Waals surface area (Å²) >= 11 is 0. The molecule has 18 heavy (non-hydrogen) atoms. The molecule has 0 aromatic carbocycles. The van der Waals surface area contributed by atoms with Crippen molar-refractivity contribution in [2.75, 3.05) is 13.1 Å². The summed E-state index contributed by atoms with van der Waals surface area (Å²) in [4.78, 5) is 23.0. The third-order valence-corrected chi connectivity index (χ3v) is 2.15. The van der Waals surface area contributed by atoms with Crippen molar-refractivity contribution in [3.63, 3.8) is 0 Å². The van der Waals surface area contributed by atoms with Crippen LogP contribution in [0.3, 0.4) is 0 Å². The van der Waals surface area contributed by atoms with Gasteiger partial charge in [-0.2, -0.15) is 0 Å². The summed E-state index contributed by atoms with van der Waals surface area (Å²) in [6, 6.07) is 0. The predicted molar refractivity (Wildman–Crippen MR) is 74.2 cm³/mol. The van der Waals surface area contributed by atoms with Crippen LogP contribution in [0.15, 0.2) is 0 Å². The van der Waals surface area contributed by atoms with Crippen molar-refractivity contribution in [2.24, 2.45) is 10.8 Å². The van der Waals surface area contributed by atoms with E-state index in [-0.39, 0.29) is 22.6 Å². The molecule has 2 N–H and O–H groups in total. The smallest absolute Gasteiger partial charge is 0.220 e. The Morgan fingerprint density at radius 2 is 1.00 bits per heavy atom. The Hall–Kier alpha value is -1.06. The Labute approximate surface area is 111 Å². The van der Waals surface area contributed by atoms with Gasteiger partial charge in [-0.3, -0.25) is 9.59 Å². The lowest BCUT2D eigenvalue weighted by Crippen LogP contribution is -2.36. The first kappa shape index (κ1) is 16.9. The van der Waals surface area contributed by atoms with E-state index in [1.165, 1.54) is 0 Å². The highest BCUT2D eigenvalue weighted by Gasteiger charge is 2.16. The van der Waals surface area contributed by atoms with Crippen LogP contribution in [-0.4, -0.2) is 24.9 Å². The molecule has 0 radical (unpaired) electrons. The van der Waals surface area contributed by atoms with E-state index in [1.807, 2.05) is 41.5 Å². The molecule has 0 rings (SSSR count). The average molecular weight is 256 g/mol. The fraction of sp³-hybridized carbons (Fsp3) is 0.857. The first-order valence-electron chi connectivity index (χ1n) is 6.53. The molecule has 4 heteroatoms. The first-order valence-corrected chi connectivity index (χ1v) is 6.53. The third kappa shape index (κ3) is 11.4. The maximum absolute atomic E-state index is 11.5. The van der Waals surface area contributed by atoms with Crippen LogP contribution in [0.4, 0.5) is 0 Å². The molecular weight excluding hydrogens is 228 g/mol. The summed E-state index contributed by atoms with van der Waals surface area (Å²) in [5.74, 6) is 0.0696. The summed E-state index contributed by atoms with van der Waals surface area (Å²) in [6.45, 7) is 13.1. The van der Waals surface area contributed by atoms with E-state index in [1.54, 1.807) is 0 Å². The van der Waals surface area contributed by atoms with E-state index >= 15 is 0 Å². The number of rotatable bonds is 5. The van der Waals surface area contributed by atoms with Crippen molar-refractivity contribution in [3.05, 3.63) is 0 Å². The van der Waals surface area contributed by atoms with Crippen molar-refractivity contribution >= 4 is 11.8 Å². The quantitative estimate of drug-likeness (QED) is 0.740. The molecule has 0 aliphatic rings. The summed E-state index contributed by atoms with van der Waals surface area (Å²) in [5, 5.41) is 5.61. The van der Waals surface area contributed by atoms with Gasteiger partial charge in [0.25, 0.3) is 0 Å². The minimum absolute atomic E-state index is 0.000430. The molecule has 106 valence electrons. The number of nitrogens with one attached hydrogen (secondary N) is 2. The van der Waals surface area contributed by atoms with E-state index in [2.05, 4.69) is 10.6 Å². The molecule has 0 spiro atoms. The molecule has 4 nitrogen and oxygen atoms in total. The first-order chi connectivity index (χ1) is 7.99. The van der Waals surface area contributed by atoms with Crippen molar-refractivity contribution in [2.45, 2.75) is 54.4 Å². The Balaban J connectivity index is 3.69. The van der Waals surface area contributed by atoms with Crippen molar-refractivity contribution in [3.8, 4) is 0 Å². The lowest BCUT2D eigenvalue weighted by atomic mass is 9.92. The molecule has 0 fully saturated rings. The predicted octanol–water partition coefficient (Wildman–Crippen LogP) is 2.09. The van der Waals surface area contributed by atoms with Crippen LogP contribution >= 0.6 is 0 Å². The molecule has 0 atom stereocenters. The topological polar surface area (TPSA) is 58.2 Å². The van der Waals surface area contributed by atoms with Gasteiger partial charge in [-0.15, -0.1) is 0 Å². The van der Waals surface area contributed by atoms with Gasteiger partial charge in [0.05, 0.1) is 0 Å². The number of hydrogen-bond acceptors (Lipinski definition) is 2. The van der Waals surface area contributed by atoms with E-state index in [4.69, 9.17) is 0 Å². The number of hydrogen-bond donors (Lipinski definition) is 2. The Morgan fingerprint density at radius 3 is 1.22 bits per heavy atom. The zero-order valence-corrected chi connectivity index (χ0v) is 12.6. The van der Waals surface area contributed by atoms with Crippen LogP contribution in [0.5, 0.6) is 0 Å². The second-order valence-electron chi connectivity index (χ2n) is 7.17. The summed E-state index contributed by atoms with van der Waals surface area (Å²) in [6.07, 6.45) is 1.01. The zero-order chi connectivity index (χ0) is 14.4. The van der Waals surface area contributed by atoms with E-state index in [0.29, 0.717) is 25.9 Å². The van der Waals surface area contributed by atoms with Crippen molar-refractivity contribution in [1.82, 2.24) is 10.6 Å². The molecule has 0 aromatic rings. The molecule has 0 aromatic heterocycles. The summed E-state index contributed by atoms with van der Waals surface area (Å²) in [5.41, 5.74) is -0.000861. The second kappa shape index (κ2) is 6.76. The maximum atomic E-state index is 11.5. The van der Waals surface area contributed by atoms with Crippen LogP contribution < -0.4 is 10.6 Å². The molecule has 2 amide bonds. The fourth-order valence-electron chi connectivity index (χ4n) is 1.49. The van der Waals surface area contributed by atoms with E-state index < -0.39 is 0 Å². The number of carbonyl (C=O) groups excluding carboxylic acids is 2. The van der Waals surface area contributed by atoms with Crippen LogP contribution in [-0.2, 0) is 9.59 Å². The van der Waals surface area contributed by atoms with Crippen molar-refractivity contribution in [1.29, 1.82) is 0 Å². The molecule has 0 bridgehead atoms. The summed E-state index contributed by atoms with van der Waals surface area (Å²) in [7, 11) is 0. The van der Waals surface area contributed by atoms with Crippen LogP contribution in [0, 0.1) is 10.8 Å². The Bertz CT molecular complexity index is 255. The van der Waals surface area contributed by atoms with Gasteiger partial charge in [-0.1, -0.05) is 41.5 Å². The number of amides is 2. The monoisotopic (exact) mass is 256 g/mol. The lowest BCUT2D eigenvalue weighted by Gasteiger charge is -2.18. The second-order valence-corrected chi connectivity index (χ2v) is 7.17. The highest BCUT2D eigenvalue weighted by molar-refractivity contribution is 5.77. The molecular formula is C14H28N2O2. The SMILES string of the molecule is CC(C)(C)CC(=O)NCCNC(=O)CC(C)(C)C. The maximum Gasteiger partial charge on any atom is 0.220 e. The normalized spacial score (nSPS) is 12.1. The largest absolute Gasteiger partial charge is 0.354 e. The molecule has 0 heterocycles. The third-order valence-electron chi connectivity index (χ3n) is 2.15. The van der Waals surface area contributed by atoms with Crippen molar-refractivity contribution < 1.29 is 9.59 Å². The van der Waals surface area contributed by atoms with Gasteiger partial charge in [0.15, 0.2) is 0 Å². The van der Waals surface area contributed by atoms with E-state index in [0.717, 1.165) is 0 Å². The van der Waals surface area contributed by atoms with Gasteiger partial charge < -0.3 is 10.6 Å². The molecule has 0 unspecified atom stereocenters. The summed E-state index contributed by atoms with van der Waals surface area (Å²) < 4.78 is 0. The fourth-order valence-corrected chi connectivity index (χ4v) is 1.49. The highest BCUT2D eigenvalue weighted by atomic mass is 16.2. The zero-order valence-electron chi connectivity index (χ0n) is 12.6. The standard InChI is InChI=1S/C14H28N2O2/c1-13(2,3)9-11(17)15-7-8-16-12(18)10-14(4,5)6/h7-10H2,1-6H3,(H,15,17)(H,16,18). The molecule has 0 saturated heterocycles. The molecule has 0 aliphatic carbocycles. The Morgan fingerprint density at radius 1 is 0.722 bits per heavy atom. The van der Waals surface area contributed by atoms with Gasteiger partial charge in [0.1, 0.15) is 0 Å². The van der Waals surface area contributed by atoms with Gasteiger partial charge in [-0.25, -0.2) is 0 Å². The van der Waals surface area contributed by atoms with Gasteiger partial charge in [0.2, 0.25) is 11.8 Å². The van der Waals surface area contributed by atoms with Crippen LogP contribution in [0.25, 0.3) is 0 Å². The van der Waals surface area contributed by atoms with Crippen LogP contribution in [0.1, 0.15) is 54.4 Å². The lowest BCUT2D eigenvalue weighted by molar-refractivity contribution is -0.124. The molecule has 0 aliphatic heterocycles. The average Bonchev–Trinajstić information content (AvgIpc) is 2.06. The van der Waals surface area contributed by atoms with Gasteiger partial charge >= 0.3 is 0 Å². The van der Waals surface area contributed by atoms with Crippen LogP contribution in [0.2, 0.25) is 0 Å². The number of carbonyl (C=O) groups is 2. The van der Waals surface area contributed by atoms with E-state index in [9.17, 15) is 9.59 Å². The Kier molecular flexibility index (Phi) is 6.36. The van der Waals surface area contributed by atoms with Gasteiger partial charge in [0, 0.05) is 25.9 Å².